The van der Waals surface area contributed by atoms with Crippen molar-refractivity contribution >= 4 is 28.5 Å². The number of pyridine rings is 1. The zero-order valence-corrected chi connectivity index (χ0v) is 13.9. The number of aromatic nitrogens is 4. The van der Waals surface area contributed by atoms with Crippen molar-refractivity contribution in [3.05, 3.63) is 35.5 Å². The average Bonchev–Trinajstić information content (AvgIpc) is 2.97. The fourth-order valence-electron chi connectivity index (χ4n) is 2.98. The molecule has 3 aromatic heterocycles. The van der Waals surface area contributed by atoms with E-state index >= 15 is 0 Å². The highest BCUT2D eigenvalue weighted by molar-refractivity contribution is 6.30. The summed E-state index contributed by atoms with van der Waals surface area (Å²) in [6, 6.07) is 1.79. The molecule has 3 aromatic rings. The predicted octanol–water partition coefficient (Wildman–Crippen LogP) is 3.02. The van der Waals surface area contributed by atoms with Gasteiger partial charge in [0.15, 0.2) is 0 Å². The van der Waals surface area contributed by atoms with Gasteiger partial charge in [-0.2, -0.15) is 4.98 Å². The number of piperidine rings is 1. The standard InChI is InChI=1S/C16H16ClN5O2/c1-10-14-15(19-9-20-16(14)24-21-10)22-4-2-12(3-5-22)23-13-6-11(17)7-18-8-13/h6-9,12H,2-5H2,1H3. The van der Waals surface area contributed by atoms with Gasteiger partial charge < -0.3 is 14.2 Å². The predicted molar refractivity (Wildman–Crippen MR) is 89.4 cm³/mol. The molecule has 0 N–H and O–H groups in total. The van der Waals surface area contributed by atoms with E-state index in [4.69, 9.17) is 20.9 Å². The molecular weight excluding hydrogens is 330 g/mol. The molecule has 0 spiro atoms. The second-order valence-corrected chi connectivity index (χ2v) is 6.22. The highest BCUT2D eigenvalue weighted by atomic mass is 35.5. The number of ether oxygens (including phenoxy) is 1. The molecule has 8 heteroatoms. The van der Waals surface area contributed by atoms with Gasteiger partial charge in [0.25, 0.3) is 5.71 Å². The van der Waals surface area contributed by atoms with Gasteiger partial charge >= 0.3 is 0 Å². The van der Waals surface area contributed by atoms with E-state index in [0.717, 1.165) is 42.8 Å². The van der Waals surface area contributed by atoms with E-state index in [9.17, 15) is 0 Å². The molecule has 0 bridgehead atoms. The highest BCUT2D eigenvalue weighted by Crippen LogP contribution is 2.29. The Labute approximate surface area is 143 Å². The van der Waals surface area contributed by atoms with Crippen LogP contribution >= 0.6 is 11.6 Å². The van der Waals surface area contributed by atoms with Crippen LogP contribution in [0.2, 0.25) is 5.02 Å². The Morgan fingerprint density at radius 1 is 1.25 bits per heavy atom. The Balaban J connectivity index is 1.47. The largest absolute Gasteiger partial charge is 0.489 e. The van der Waals surface area contributed by atoms with Crippen LogP contribution in [0.3, 0.4) is 0 Å². The number of aryl methyl sites for hydroxylation is 1. The first kappa shape index (κ1) is 15.1. The molecule has 4 rings (SSSR count). The maximum absolute atomic E-state index is 5.98. The van der Waals surface area contributed by atoms with Gasteiger partial charge in [-0.15, -0.1) is 0 Å². The molecular formula is C16H16ClN5O2. The molecule has 1 fully saturated rings. The van der Waals surface area contributed by atoms with E-state index in [1.807, 2.05) is 6.92 Å². The van der Waals surface area contributed by atoms with Gasteiger partial charge in [0.1, 0.15) is 29.4 Å². The van der Waals surface area contributed by atoms with Crippen LogP contribution in [0.25, 0.3) is 11.1 Å². The van der Waals surface area contributed by atoms with Crippen LogP contribution in [0, 0.1) is 6.92 Å². The molecule has 1 saturated heterocycles. The van der Waals surface area contributed by atoms with Crippen molar-refractivity contribution in [3.63, 3.8) is 0 Å². The van der Waals surface area contributed by atoms with E-state index < -0.39 is 0 Å². The minimum atomic E-state index is 0.141. The van der Waals surface area contributed by atoms with Gasteiger partial charge in [0.05, 0.1) is 16.9 Å². The number of halogens is 1. The van der Waals surface area contributed by atoms with Crippen molar-refractivity contribution < 1.29 is 9.26 Å². The van der Waals surface area contributed by atoms with Crippen molar-refractivity contribution in [2.45, 2.75) is 25.9 Å². The minimum absolute atomic E-state index is 0.141. The number of hydrogen-bond donors (Lipinski definition) is 0. The molecule has 4 heterocycles. The quantitative estimate of drug-likeness (QED) is 0.722. The second-order valence-electron chi connectivity index (χ2n) is 5.79. The number of rotatable bonds is 3. The first-order valence-electron chi connectivity index (χ1n) is 7.80. The average molecular weight is 346 g/mol. The summed E-state index contributed by atoms with van der Waals surface area (Å²) in [5.74, 6) is 1.59. The van der Waals surface area contributed by atoms with Crippen molar-refractivity contribution in [1.82, 2.24) is 20.1 Å². The number of anilines is 1. The number of fused-ring (bicyclic) bond motifs is 1. The first-order chi connectivity index (χ1) is 11.7. The van der Waals surface area contributed by atoms with Gasteiger partial charge in [0, 0.05) is 38.2 Å². The molecule has 124 valence electrons. The van der Waals surface area contributed by atoms with Gasteiger partial charge in [-0.3, -0.25) is 4.98 Å². The van der Waals surface area contributed by atoms with E-state index in [2.05, 4.69) is 25.0 Å². The molecule has 7 nitrogen and oxygen atoms in total. The summed E-state index contributed by atoms with van der Waals surface area (Å²) in [7, 11) is 0. The van der Waals surface area contributed by atoms with Gasteiger partial charge in [0.2, 0.25) is 0 Å². The van der Waals surface area contributed by atoms with Crippen LogP contribution < -0.4 is 9.64 Å². The Hall–Kier alpha value is -2.41. The zero-order valence-electron chi connectivity index (χ0n) is 13.1. The molecule has 0 atom stereocenters. The third-order valence-corrected chi connectivity index (χ3v) is 4.35. The van der Waals surface area contributed by atoms with E-state index in [-0.39, 0.29) is 6.10 Å². The fraction of sp³-hybridized carbons (Fsp3) is 0.375. The Bertz CT molecular complexity index is 861. The molecule has 0 amide bonds. The molecule has 0 radical (unpaired) electrons. The molecule has 1 aliphatic heterocycles. The summed E-state index contributed by atoms with van der Waals surface area (Å²) in [5.41, 5.74) is 1.34. The highest BCUT2D eigenvalue weighted by Gasteiger charge is 2.24. The lowest BCUT2D eigenvalue weighted by Gasteiger charge is -2.33. The Morgan fingerprint density at radius 3 is 2.88 bits per heavy atom. The van der Waals surface area contributed by atoms with Crippen LogP contribution in [-0.4, -0.2) is 39.3 Å². The van der Waals surface area contributed by atoms with Gasteiger partial charge in [-0.1, -0.05) is 16.8 Å². The van der Waals surface area contributed by atoms with Crippen LogP contribution in [0.5, 0.6) is 5.75 Å². The van der Waals surface area contributed by atoms with Crippen LogP contribution in [-0.2, 0) is 0 Å². The smallest absolute Gasteiger partial charge is 0.263 e. The second kappa shape index (κ2) is 6.24. The molecule has 0 saturated carbocycles. The third-order valence-electron chi connectivity index (χ3n) is 4.15. The Morgan fingerprint density at radius 2 is 2.08 bits per heavy atom. The van der Waals surface area contributed by atoms with Crippen LogP contribution in [0.15, 0.2) is 29.3 Å². The monoisotopic (exact) mass is 345 g/mol. The normalized spacial score (nSPS) is 15.8. The summed E-state index contributed by atoms with van der Waals surface area (Å²) in [6.07, 6.45) is 6.72. The summed E-state index contributed by atoms with van der Waals surface area (Å²) in [5, 5.41) is 5.45. The summed E-state index contributed by atoms with van der Waals surface area (Å²) in [4.78, 5) is 14.8. The lowest BCUT2D eigenvalue weighted by molar-refractivity contribution is 0.170. The molecule has 0 aliphatic carbocycles. The topological polar surface area (TPSA) is 77.2 Å². The zero-order chi connectivity index (χ0) is 16.5. The van der Waals surface area contributed by atoms with Crippen molar-refractivity contribution in [2.24, 2.45) is 0 Å². The molecule has 1 aliphatic rings. The van der Waals surface area contributed by atoms with E-state index in [1.54, 1.807) is 18.5 Å². The molecule has 0 unspecified atom stereocenters. The number of hydrogen-bond acceptors (Lipinski definition) is 7. The van der Waals surface area contributed by atoms with E-state index in [1.165, 1.54) is 6.33 Å². The summed E-state index contributed by atoms with van der Waals surface area (Å²) >= 11 is 5.95. The maximum atomic E-state index is 5.98. The van der Waals surface area contributed by atoms with Crippen molar-refractivity contribution in [2.75, 3.05) is 18.0 Å². The van der Waals surface area contributed by atoms with Crippen molar-refractivity contribution in [3.8, 4) is 5.75 Å². The number of nitrogens with zero attached hydrogens (tertiary/aromatic N) is 5. The first-order valence-corrected chi connectivity index (χ1v) is 8.17. The van der Waals surface area contributed by atoms with Crippen LogP contribution in [0.1, 0.15) is 18.5 Å². The summed E-state index contributed by atoms with van der Waals surface area (Å²) in [6.45, 7) is 3.59. The Kier molecular flexibility index (Phi) is 3.93. The van der Waals surface area contributed by atoms with Crippen LogP contribution in [0.4, 0.5) is 5.82 Å². The molecule has 24 heavy (non-hydrogen) atoms. The minimum Gasteiger partial charge on any atom is -0.489 e. The molecule has 0 aromatic carbocycles. The van der Waals surface area contributed by atoms with Crippen molar-refractivity contribution in [1.29, 1.82) is 0 Å². The van der Waals surface area contributed by atoms with E-state index in [0.29, 0.717) is 16.5 Å². The fourth-order valence-corrected chi connectivity index (χ4v) is 3.14. The third kappa shape index (κ3) is 2.87. The van der Waals surface area contributed by atoms with Gasteiger partial charge in [-0.05, 0) is 6.92 Å². The SMILES string of the molecule is Cc1noc2ncnc(N3CCC(Oc4cncc(Cl)c4)CC3)c12. The van der Waals surface area contributed by atoms with Gasteiger partial charge in [-0.25, -0.2) is 4.98 Å². The lowest BCUT2D eigenvalue weighted by atomic mass is 10.1. The maximum Gasteiger partial charge on any atom is 0.263 e. The lowest BCUT2D eigenvalue weighted by Crippen LogP contribution is -2.38. The summed E-state index contributed by atoms with van der Waals surface area (Å²) < 4.78 is 11.2.